The molecular formula is C14H31ClSi. The molecule has 0 fully saturated rings. The molecule has 0 N–H and O–H groups in total. The predicted molar refractivity (Wildman–Crippen MR) is 80.1 cm³/mol. The Labute approximate surface area is 109 Å². The third-order valence-corrected chi connectivity index (χ3v) is 6.62. The van der Waals surface area contributed by atoms with E-state index in [1.54, 1.807) is 0 Å². The summed E-state index contributed by atoms with van der Waals surface area (Å²) in [5.74, 6) is 0. The maximum Gasteiger partial charge on any atom is 0.141 e. The maximum atomic E-state index is 6.45. The van der Waals surface area contributed by atoms with Crippen LogP contribution in [0.25, 0.3) is 0 Å². The van der Waals surface area contributed by atoms with Crippen molar-refractivity contribution in [3.63, 3.8) is 0 Å². The van der Waals surface area contributed by atoms with Crippen LogP contribution < -0.4 is 0 Å². The molecule has 98 valence electrons. The molecule has 0 heterocycles. The Balaban J connectivity index is 3.09. The van der Waals surface area contributed by atoms with Crippen LogP contribution in [0.4, 0.5) is 0 Å². The Kier molecular flexibility index (Phi) is 14.0. The van der Waals surface area contributed by atoms with E-state index in [9.17, 15) is 0 Å². The Morgan fingerprint density at radius 1 is 0.625 bits per heavy atom. The van der Waals surface area contributed by atoms with Crippen molar-refractivity contribution in [1.29, 1.82) is 0 Å². The van der Waals surface area contributed by atoms with Crippen LogP contribution in [0.3, 0.4) is 0 Å². The van der Waals surface area contributed by atoms with E-state index < -0.39 is 8.11 Å². The smallest absolute Gasteiger partial charge is 0.141 e. The van der Waals surface area contributed by atoms with Crippen LogP contribution in [-0.2, 0) is 0 Å². The largest absolute Gasteiger partial charge is 0.172 e. The molecule has 0 aliphatic rings. The van der Waals surface area contributed by atoms with Crippen molar-refractivity contribution in [3.8, 4) is 0 Å². The molecule has 0 aliphatic carbocycles. The Hall–Kier alpha value is 0.507. The number of halogens is 1. The third-order valence-electron chi connectivity index (χ3n) is 3.24. The topological polar surface area (TPSA) is 0 Å². The quantitative estimate of drug-likeness (QED) is 0.234. The molecule has 0 unspecified atom stereocenters. The molecule has 16 heavy (non-hydrogen) atoms. The van der Waals surface area contributed by atoms with Gasteiger partial charge >= 0.3 is 0 Å². The van der Waals surface area contributed by atoms with Crippen molar-refractivity contribution < 1.29 is 0 Å². The van der Waals surface area contributed by atoms with Crippen molar-refractivity contribution in [2.75, 3.05) is 0 Å². The van der Waals surface area contributed by atoms with Gasteiger partial charge in [0.15, 0.2) is 0 Å². The van der Waals surface area contributed by atoms with Crippen molar-refractivity contribution in [2.45, 2.75) is 90.1 Å². The molecule has 0 atom stereocenters. The molecule has 0 aromatic rings. The molecule has 0 amide bonds. The fraction of sp³-hybridized carbons (Fsp3) is 1.00. The summed E-state index contributed by atoms with van der Waals surface area (Å²) < 4.78 is 0. The van der Waals surface area contributed by atoms with Gasteiger partial charge in [-0.15, -0.1) is 0 Å². The van der Waals surface area contributed by atoms with Gasteiger partial charge in [0.05, 0.1) is 0 Å². The summed E-state index contributed by atoms with van der Waals surface area (Å²) in [6, 6.07) is 2.75. The standard InChI is InChI=1S/C14H31ClSi/c1-3-5-7-9-11-13-16(15)14-12-10-8-6-4-2/h16H,3-14H2,1-2H3. The zero-order valence-electron chi connectivity index (χ0n) is 11.4. The fourth-order valence-corrected chi connectivity index (χ4v) is 4.76. The molecule has 0 aromatic heterocycles. The molecule has 0 rings (SSSR count). The normalized spacial score (nSPS) is 11.2. The highest BCUT2D eigenvalue weighted by Crippen LogP contribution is 2.16. The lowest BCUT2D eigenvalue weighted by Gasteiger charge is -2.07. The maximum absolute atomic E-state index is 6.45. The molecule has 0 saturated heterocycles. The number of hydrogen-bond acceptors (Lipinski definition) is 0. The minimum absolute atomic E-state index is 0.833. The second-order valence-electron chi connectivity index (χ2n) is 5.00. The number of rotatable bonds is 12. The van der Waals surface area contributed by atoms with Crippen LogP contribution in [0.5, 0.6) is 0 Å². The van der Waals surface area contributed by atoms with Gasteiger partial charge in [0.25, 0.3) is 0 Å². The van der Waals surface area contributed by atoms with E-state index in [4.69, 9.17) is 11.1 Å². The average Bonchev–Trinajstić information content (AvgIpc) is 2.28. The lowest BCUT2D eigenvalue weighted by Crippen LogP contribution is -2.02. The highest BCUT2D eigenvalue weighted by Gasteiger charge is 2.05. The van der Waals surface area contributed by atoms with Gasteiger partial charge in [-0.1, -0.05) is 78.1 Å². The highest BCUT2D eigenvalue weighted by molar-refractivity contribution is 7.06. The van der Waals surface area contributed by atoms with Gasteiger partial charge in [0, 0.05) is 0 Å². The second-order valence-corrected chi connectivity index (χ2v) is 9.20. The molecule has 0 spiro atoms. The van der Waals surface area contributed by atoms with Crippen molar-refractivity contribution in [2.24, 2.45) is 0 Å². The highest BCUT2D eigenvalue weighted by atomic mass is 35.6. The van der Waals surface area contributed by atoms with E-state index in [1.807, 2.05) is 0 Å². The van der Waals surface area contributed by atoms with Gasteiger partial charge in [-0.2, -0.15) is 11.1 Å². The first-order chi connectivity index (χ1) is 7.81. The van der Waals surface area contributed by atoms with Gasteiger partial charge in [0.2, 0.25) is 0 Å². The minimum atomic E-state index is -0.833. The van der Waals surface area contributed by atoms with Gasteiger partial charge in [-0.3, -0.25) is 0 Å². The first-order valence-electron chi connectivity index (χ1n) is 7.45. The number of hydrogen-bond donors (Lipinski definition) is 0. The van der Waals surface area contributed by atoms with Crippen LogP contribution in [-0.4, -0.2) is 8.11 Å². The van der Waals surface area contributed by atoms with E-state index in [1.165, 1.54) is 76.3 Å². The second kappa shape index (κ2) is 13.6. The first-order valence-corrected chi connectivity index (χ1v) is 10.8. The van der Waals surface area contributed by atoms with Gasteiger partial charge in [-0.05, 0) is 12.1 Å². The minimum Gasteiger partial charge on any atom is -0.172 e. The Morgan fingerprint density at radius 2 is 1.00 bits per heavy atom. The van der Waals surface area contributed by atoms with Crippen LogP contribution in [0, 0.1) is 0 Å². The zero-order valence-corrected chi connectivity index (χ0v) is 13.4. The molecule has 0 saturated carbocycles. The summed E-state index contributed by atoms with van der Waals surface area (Å²) in [4.78, 5) is 0. The zero-order chi connectivity index (χ0) is 12.1. The number of unbranched alkanes of at least 4 members (excludes halogenated alkanes) is 8. The van der Waals surface area contributed by atoms with E-state index in [0.29, 0.717) is 0 Å². The van der Waals surface area contributed by atoms with Crippen molar-refractivity contribution >= 4 is 19.2 Å². The summed E-state index contributed by atoms with van der Waals surface area (Å²) in [6.45, 7) is 4.55. The molecule has 0 radical (unpaired) electrons. The summed E-state index contributed by atoms with van der Waals surface area (Å²) >= 11 is 6.45. The summed E-state index contributed by atoms with van der Waals surface area (Å²) in [6.07, 6.45) is 14.0. The van der Waals surface area contributed by atoms with Crippen LogP contribution >= 0.6 is 11.1 Å². The van der Waals surface area contributed by atoms with Crippen LogP contribution in [0.1, 0.15) is 78.1 Å². The van der Waals surface area contributed by atoms with E-state index >= 15 is 0 Å². The Bertz CT molecular complexity index is 114. The summed E-state index contributed by atoms with van der Waals surface area (Å²) in [5, 5.41) is 0. The van der Waals surface area contributed by atoms with Gasteiger partial charge in [-0.25, -0.2) is 0 Å². The van der Waals surface area contributed by atoms with Gasteiger partial charge in [0.1, 0.15) is 8.11 Å². The fourth-order valence-electron chi connectivity index (χ4n) is 2.08. The molecule has 0 aromatic carbocycles. The monoisotopic (exact) mass is 262 g/mol. The SMILES string of the molecule is CCCCCCC[SiH](Cl)CCCCCCC. The molecular weight excluding hydrogens is 232 g/mol. The molecule has 0 nitrogen and oxygen atoms in total. The molecule has 0 aliphatic heterocycles. The van der Waals surface area contributed by atoms with Crippen LogP contribution in [0.2, 0.25) is 12.1 Å². The van der Waals surface area contributed by atoms with Crippen LogP contribution in [0.15, 0.2) is 0 Å². The Morgan fingerprint density at radius 3 is 1.38 bits per heavy atom. The lowest BCUT2D eigenvalue weighted by molar-refractivity contribution is 0.647. The third kappa shape index (κ3) is 12.6. The van der Waals surface area contributed by atoms with E-state index in [-0.39, 0.29) is 0 Å². The van der Waals surface area contributed by atoms with Crippen molar-refractivity contribution in [3.05, 3.63) is 0 Å². The van der Waals surface area contributed by atoms with Gasteiger partial charge < -0.3 is 0 Å². The average molecular weight is 263 g/mol. The van der Waals surface area contributed by atoms with Crippen molar-refractivity contribution in [1.82, 2.24) is 0 Å². The van der Waals surface area contributed by atoms with E-state index in [2.05, 4.69) is 13.8 Å². The first kappa shape index (κ1) is 16.5. The molecule has 0 bridgehead atoms. The lowest BCUT2D eigenvalue weighted by atomic mass is 10.2. The summed E-state index contributed by atoms with van der Waals surface area (Å²) in [7, 11) is -0.833. The summed E-state index contributed by atoms with van der Waals surface area (Å²) in [5.41, 5.74) is 0. The predicted octanol–water partition coefficient (Wildman–Crippen LogP) is 5.89. The molecule has 2 heteroatoms. The van der Waals surface area contributed by atoms with E-state index in [0.717, 1.165) is 0 Å².